The molecule has 2 aliphatic rings. The molecule has 1 saturated carbocycles. The summed E-state index contributed by atoms with van der Waals surface area (Å²) in [5.74, 6) is 1.13. The standard InChI is InChI=1S/C23H32N6O4/c1-17(30)27-23(10-4-2-3-5-11-23)22-26-21(33-28-22)9-8-20(31)25-19-7-6-18(16-24-19)29-12-14-32-15-13-29/h6-7,16H,2-5,8-15H2,1H3,(H,27,30)(H,24,25,31). The van der Waals surface area contributed by atoms with E-state index in [9.17, 15) is 9.59 Å². The van der Waals surface area contributed by atoms with Gasteiger partial charge in [-0.05, 0) is 25.0 Å². The second-order valence-electron chi connectivity index (χ2n) is 8.74. The van der Waals surface area contributed by atoms with Gasteiger partial charge in [0.1, 0.15) is 11.4 Å². The number of anilines is 2. The number of aromatic nitrogens is 3. The highest BCUT2D eigenvalue weighted by molar-refractivity contribution is 5.89. The number of amides is 2. The lowest BCUT2D eigenvalue weighted by atomic mass is 9.89. The second kappa shape index (κ2) is 10.7. The van der Waals surface area contributed by atoms with E-state index in [4.69, 9.17) is 9.26 Å². The van der Waals surface area contributed by atoms with Crippen LogP contribution in [0.25, 0.3) is 0 Å². The van der Waals surface area contributed by atoms with Gasteiger partial charge in [0.05, 0.1) is 25.1 Å². The van der Waals surface area contributed by atoms with Crippen molar-refractivity contribution in [2.24, 2.45) is 0 Å². The summed E-state index contributed by atoms with van der Waals surface area (Å²) in [6.07, 6.45) is 8.13. The van der Waals surface area contributed by atoms with Crippen molar-refractivity contribution in [1.29, 1.82) is 0 Å². The Morgan fingerprint density at radius 2 is 1.88 bits per heavy atom. The van der Waals surface area contributed by atoms with Crippen LogP contribution in [-0.2, 0) is 26.3 Å². The van der Waals surface area contributed by atoms with Gasteiger partial charge in [0.15, 0.2) is 5.82 Å². The van der Waals surface area contributed by atoms with E-state index in [1.54, 1.807) is 12.3 Å². The molecule has 0 bridgehead atoms. The third kappa shape index (κ3) is 6.07. The molecule has 0 radical (unpaired) electrons. The molecule has 4 rings (SSSR count). The van der Waals surface area contributed by atoms with Crippen LogP contribution in [0.3, 0.4) is 0 Å². The first-order valence-electron chi connectivity index (χ1n) is 11.7. The number of carbonyl (C=O) groups is 2. The Labute approximate surface area is 193 Å². The summed E-state index contributed by atoms with van der Waals surface area (Å²) in [7, 11) is 0. The van der Waals surface area contributed by atoms with E-state index in [0.717, 1.165) is 57.3 Å². The monoisotopic (exact) mass is 456 g/mol. The molecule has 0 spiro atoms. The highest BCUT2D eigenvalue weighted by Crippen LogP contribution is 2.34. The molecule has 1 aliphatic heterocycles. The minimum absolute atomic E-state index is 0.102. The average Bonchev–Trinajstić information content (AvgIpc) is 3.18. The van der Waals surface area contributed by atoms with Crippen LogP contribution in [0.1, 0.15) is 63.6 Å². The van der Waals surface area contributed by atoms with E-state index >= 15 is 0 Å². The van der Waals surface area contributed by atoms with Gasteiger partial charge in [-0.2, -0.15) is 4.98 Å². The molecule has 33 heavy (non-hydrogen) atoms. The van der Waals surface area contributed by atoms with Crippen LogP contribution in [0.4, 0.5) is 11.5 Å². The summed E-state index contributed by atoms with van der Waals surface area (Å²) in [6, 6.07) is 3.75. The fourth-order valence-corrected chi connectivity index (χ4v) is 4.52. The maximum atomic E-state index is 12.4. The van der Waals surface area contributed by atoms with E-state index in [1.807, 2.05) is 6.07 Å². The molecule has 2 amide bonds. The molecule has 0 aromatic carbocycles. The van der Waals surface area contributed by atoms with Gasteiger partial charge in [0.2, 0.25) is 17.7 Å². The number of carbonyl (C=O) groups excluding carboxylic acids is 2. The molecular weight excluding hydrogens is 424 g/mol. The molecule has 0 atom stereocenters. The first kappa shape index (κ1) is 23.2. The summed E-state index contributed by atoms with van der Waals surface area (Å²) >= 11 is 0. The highest BCUT2D eigenvalue weighted by Gasteiger charge is 2.38. The predicted molar refractivity (Wildman–Crippen MR) is 122 cm³/mol. The number of hydrogen-bond donors (Lipinski definition) is 2. The highest BCUT2D eigenvalue weighted by atomic mass is 16.5. The maximum Gasteiger partial charge on any atom is 0.227 e. The number of nitrogens with one attached hydrogen (secondary N) is 2. The van der Waals surface area contributed by atoms with Crippen molar-refractivity contribution in [2.75, 3.05) is 36.5 Å². The fraction of sp³-hybridized carbons (Fsp3) is 0.609. The molecule has 10 heteroatoms. The topological polar surface area (TPSA) is 122 Å². The summed E-state index contributed by atoms with van der Waals surface area (Å²) in [6.45, 7) is 4.61. The van der Waals surface area contributed by atoms with Crippen LogP contribution < -0.4 is 15.5 Å². The van der Waals surface area contributed by atoms with Gasteiger partial charge >= 0.3 is 0 Å². The van der Waals surface area contributed by atoms with Crippen molar-refractivity contribution in [2.45, 2.75) is 63.8 Å². The van der Waals surface area contributed by atoms with Crippen LogP contribution in [0.2, 0.25) is 0 Å². The molecule has 2 N–H and O–H groups in total. The second-order valence-corrected chi connectivity index (χ2v) is 8.74. The summed E-state index contributed by atoms with van der Waals surface area (Å²) < 4.78 is 10.8. The molecular formula is C23H32N6O4. The van der Waals surface area contributed by atoms with Crippen LogP contribution in [0.15, 0.2) is 22.9 Å². The minimum Gasteiger partial charge on any atom is -0.378 e. The third-order valence-electron chi connectivity index (χ3n) is 6.23. The summed E-state index contributed by atoms with van der Waals surface area (Å²) in [5.41, 5.74) is 0.430. The van der Waals surface area contributed by atoms with Gasteiger partial charge in [0, 0.05) is 32.9 Å². The summed E-state index contributed by atoms with van der Waals surface area (Å²) in [4.78, 5) is 35.4. The van der Waals surface area contributed by atoms with Gasteiger partial charge < -0.3 is 24.8 Å². The Kier molecular flexibility index (Phi) is 7.54. The number of morpholine rings is 1. The lowest BCUT2D eigenvalue weighted by Gasteiger charge is -2.30. The number of nitrogens with zero attached hydrogens (tertiary/aromatic N) is 4. The molecule has 10 nitrogen and oxygen atoms in total. The molecule has 2 aromatic rings. The fourth-order valence-electron chi connectivity index (χ4n) is 4.52. The molecule has 2 aromatic heterocycles. The van der Waals surface area contributed by atoms with Crippen molar-refractivity contribution in [3.8, 4) is 0 Å². The van der Waals surface area contributed by atoms with Crippen molar-refractivity contribution in [3.63, 3.8) is 0 Å². The zero-order valence-corrected chi connectivity index (χ0v) is 19.1. The number of rotatable bonds is 7. The third-order valence-corrected chi connectivity index (χ3v) is 6.23. The van der Waals surface area contributed by atoms with Crippen molar-refractivity contribution < 1.29 is 18.8 Å². The van der Waals surface area contributed by atoms with Gasteiger partial charge in [0.25, 0.3) is 0 Å². The quantitative estimate of drug-likeness (QED) is 0.610. The normalized spacial score (nSPS) is 18.4. The lowest BCUT2D eigenvalue weighted by molar-refractivity contribution is -0.121. The minimum atomic E-state index is -0.585. The Morgan fingerprint density at radius 1 is 1.12 bits per heavy atom. The molecule has 178 valence electrons. The Bertz CT molecular complexity index is 931. The van der Waals surface area contributed by atoms with E-state index in [-0.39, 0.29) is 18.2 Å². The van der Waals surface area contributed by atoms with Crippen molar-refractivity contribution in [1.82, 2.24) is 20.4 Å². The number of ether oxygens (including phenoxy) is 1. The zero-order chi connectivity index (χ0) is 23.1. The van der Waals surface area contributed by atoms with Gasteiger partial charge in [-0.15, -0.1) is 0 Å². The van der Waals surface area contributed by atoms with Crippen molar-refractivity contribution in [3.05, 3.63) is 30.0 Å². The van der Waals surface area contributed by atoms with E-state index < -0.39 is 5.54 Å². The van der Waals surface area contributed by atoms with Crippen LogP contribution in [0.5, 0.6) is 0 Å². The number of hydrogen-bond acceptors (Lipinski definition) is 8. The molecule has 0 unspecified atom stereocenters. The van der Waals surface area contributed by atoms with Gasteiger partial charge in [-0.1, -0.05) is 30.8 Å². The smallest absolute Gasteiger partial charge is 0.227 e. The Hall–Kier alpha value is -3.01. The maximum absolute atomic E-state index is 12.4. The van der Waals surface area contributed by atoms with Crippen LogP contribution in [0, 0.1) is 0 Å². The first-order chi connectivity index (χ1) is 16.0. The van der Waals surface area contributed by atoms with Gasteiger partial charge in [-0.25, -0.2) is 4.98 Å². The molecule has 3 heterocycles. The van der Waals surface area contributed by atoms with E-state index in [2.05, 4.69) is 30.7 Å². The molecule has 2 fully saturated rings. The Balaban J connectivity index is 1.32. The van der Waals surface area contributed by atoms with Crippen molar-refractivity contribution >= 4 is 23.3 Å². The lowest BCUT2D eigenvalue weighted by Crippen LogP contribution is -2.45. The largest absolute Gasteiger partial charge is 0.378 e. The average molecular weight is 457 g/mol. The number of pyridine rings is 1. The number of aryl methyl sites for hydroxylation is 1. The first-order valence-corrected chi connectivity index (χ1v) is 11.7. The van der Waals surface area contributed by atoms with E-state index in [0.29, 0.717) is 37.2 Å². The molecule has 1 aliphatic carbocycles. The van der Waals surface area contributed by atoms with Gasteiger partial charge in [-0.3, -0.25) is 9.59 Å². The predicted octanol–water partition coefficient (Wildman–Crippen LogP) is 2.56. The van der Waals surface area contributed by atoms with Crippen LogP contribution >= 0.6 is 0 Å². The SMILES string of the molecule is CC(=O)NC1(c2noc(CCC(=O)Nc3ccc(N4CCOCC4)cn3)n2)CCCCCC1. The Morgan fingerprint density at radius 3 is 2.55 bits per heavy atom. The molecule has 1 saturated heterocycles. The van der Waals surface area contributed by atoms with E-state index in [1.165, 1.54) is 6.92 Å². The summed E-state index contributed by atoms with van der Waals surface area (Å²) in [5, 5.41) is 10.0. The zero-order valence-electron chi connectivity index (χ0n) is 19.1. The van der Waals surface area contributed by atoms with Crippen LogP contribution in [-0.4, -0.2) is 53.2 Å².